The van der Waals surface area contributed by atoms with Crippen LogP contribution in [0, 0.1) is 5.92 Å². The van der Waals surface area contributed by atoms with Gasteiger partial charge in [-0.2, -0.15) is 0 Å². The molecule has 9 nitrogen and oxygen atoms in total. The van der Waals surface area contributed by atoms with Gasteiger partial charge >= 0.3 is 0 Å². The van der Waals surface area contributed by atoms with E-state index in [1.54, 1.807) is 33.2 Å². The summed E-state index contributed by atoms with van der Waals surface area (Å²) in [7, 11) is 4.68. The van der Waals surface area contributed by atoms with E-state index in [0.29, 0.717) is 36.6 Å². The molecule has 1 unspecified atom stereocenters. The molecule has 3 amide bonds. The Balaban J connectivity index is 1.99. The zero-order valence-electron chi connectivity index (χ0n) is 22.0. The second-order valence-electron chi connectivity index (χ2n) is 9.75. The Morgan fingerprint density at radius 3 is 2.11 bits per heavy atom. The first kappa shape index (κ1) is 27.6. The number of hydrogen-bond acceptors (Lipinski definition) is 6. The normalized spacial score (nSPS) is 20.2. The molecule has 0 radical (unpaired) electrons. The van der Waals surface area contributed by atoms with Gasteiger partial charge in [-0.1, -0.05) is 26.2 Å². The van der Waals surface area contributed by atoms with Gasteiger partial charge in [0, 0.05) is 6.54 Å². The Labute approximate surface area is 214 Å². The largest absolute Gasteiger partial charge is 0.493 e. The van der Waals surface area contributed by atoms with Crippen LogP contribution < -0.4 is 25.3 Å². The van der Waals surface area contributed by atoms with Crippen LogP contribution in [0.2, 0.25) is 0 Å². The highest BCUT2D eigenvalue weighted by Gasteiger charge is 2.40. The van der Waals surface area contributed by atoms with Crippen LogP contribution in [-0.2, 0) is 14.4 Å². The molecule has 3 N–H and O–H groups in total. The fourth-order valence-corrected chi connectivity index (χ4v) is 5.65. The summed E-state index contributed by atoms with van der Waals surface area (Å²) in [5.74, 6) is 0.229. The lowest BCUT2D eigenvalue weighted by Crippen LogP contribution is -2.56. The summed E-state index contributed by atoms with van der Waals surface area (Å²) in [4.78, 5) is 41.0. The summed E-state index contributed by atoms with van der Waals surface area (Å²) >= 11 is 0. The van der Waals surface area contributed by atoms with Crippen LogP contribution in [0.1, 0.15) is 76.2 Å². The molecule has 3 rings (SSSR count). The van der Waals surface area contributed by atoms with Crippen molar-refractivity contribution < 1.29 is 28.6 Å². The molecular weight excluding hydrogens is 462 g/mol. The number of ether oxygens (including phenoxy) is 3. The van der Waals surface area contributed by atoms with Crippen molar-refractivity contribution in [3.8, 4) is 17.2 Å². The van der Waals surface area contributed by atoms with E-state index in [4.69, 9.17) is 19.9 Å². The molecule has 200 valence electrons. The van der Waals surface area contributed by atoms with Gasteiger partial charge in [0.1, 0.15) is 12.1 Å². The molecular formula is C27H41N3O6. The number of hydrogen-bond donors (Lipinski definition) is 2. The lowest BCUT2D eigenvalue weighted by molar-refractivity contribution is -0.145. The molecule has 1 aliphatic heterocycles. The molecule has 36 heavy (non-hydrogen) atoms. The monoisotopic (exact) mass is 503 g/mol. The van der Waals surface area contributed by atoms with Crippen LogP contribution in [-0.4, -0.2) is 62.6 Å². The van der Waals surface area contributed by atoms with E-state index in [9.17, 15) is 14.4 Å². The fourth-order valence-electron chi connectivity index (χ4n) is 5.65. The Bertz CT molecular complexity index is 905. The SMILES string of the molecule is CC[C@@H](NC(=O)[C@@H]1CCCCN1C(=O)C(c1cc(OC)c(OC)c(OC)c1)C1CCCCC1)C(N)=O. The number of nitrogens with one attached hydrogen (secondary N) is 1. The van der Waals surface area contributed by atoms with Gasteiger partial charge in [0.25, 0.3) is 0 Å². The van der Waals surface area contributed by atoms with E-state index in [1.807, 2.05) is 12.1 Å². The first-order valence-corrected chi connectivity index (χ1v) is 13.1. The quantitative estimate of drug-likeness (QED) is 0.506. The zero-order chi connectivity index (χ0) is 26.2. The highest BCUT2D eigenvalue weighted by molar-refractivity contribution is 5.93. The van der Waals surface area contributed by atoms with Gasteiger partial charge in [-0.15, -0.1) is 0 Å². The number of carbonyl (C=O) groups is 3. The highest BCUT2D eigenvalue weighted by Crippen LogP contribution is 2.45. The average Bonchev–Trinajstić information content (AvgIpc) is 2.91. The standard InChI is InChI=1S/C27H41N3O6/c1-5-19(25(28)31)29-26(32)20-13-9-10-14-30(20)27(33)23(17-11-7-6-8-12-17)18-15-21(34-2)24(36-4)22(16-18)35-3/h15-17,19-20,23H,5-14H2,1-4H3,(H2,28,31)(H,29,32)/t19-,20+,23?/m1/s1. The average molecular weight is 504 g/mol. The second-order valence-corrected chi connectivity index (χ2v) is 9.75. The van der Waals surface area contributed by atoms with Crippen molar-refractivity contribution in [1.29, 1.82) is 0 Å². The maximum absolute atomic E-state index is 14.3. The molecule has 1 saturated heterocycles. The summed E-state index contributed by atoms with van der Waals surface area (Å²) in [6.45, 7) is 2.29. The third-order valence-electron chi connectivity index (χ3n) is 7.59. The molecule has 9 heteroatoms. The van der Waals surface area contributed by atoms with Crippen molar-refractivity contribution in [2.75, 3.05) is 27.9 Å². The van der Waals surface area contributed by atoms with Crippen molar-refractivity contribution in [2.45, 2.75) is 82.7 Å². The molecule has 1 heterocycles. The van der Waals surface area contributed by atoms with Crippen LogP contribution in [0.15, 0.2) is 12.1 Å². The van der Waals surface area contributed by atoms with Gasteiger partial charge in [-0.05, 0) is 62.1 Å². The van der Waals surface area contributed by atoms with Gasteiger partial charge in [0.2, 0.25) is 23.5 Å². The van der Waals surface area contributed by atoms with Gasteiger partial charge in [-0.25, -0.2) is 0 Å². The number of carbonyl (C=O) groups excluding carboxylic acids is 3. The van der Waals surface area contributed by atoms with Crippen LogP contribution in [0.25, 0.3) is 0 Å². The van der Waals surface area contributed by atoms with Crippen molar-refractivity contribution in [3.63, 3.8) is 0 Å². The van der Waals surface area contributed by atoms with Crippen LogP contribution in [0.5, 0.6) is 17.2 Å². The zero-order valence-corrected chi connectivity index (χ0v) is 22.0. The van der Waals surface area contributed by atoms with Crippen molar-refractivity contribution in [1.82, 2.24) is 10.2 Å². The topological polar surface area (TPSA) is 120 Å². The lowest BCUT2D eigenvalue weighted by atomic mass is 9.75. The van der Waals surface area contributed by atoms with E-state index in [0.717, 1.165) is 50.5 Å². The molecule has 0 aromatic heterocycles. The number of likely N-dealkylation sites (tertiary alicyclic amines) is 1. The summed E-state index contributed by atoms with van der Waals surface area (Å²) in [5, 5.41) is 2.77. The molecule has 0 bridgehead atoms. The number of rotatable bonds is 10. The Kier molecular flexibility index (Phi) is 9.84. The number of primary amides is 1. The minimum Gasteiger partial charge on any atom is -0.493 e. The number of piperidine rings is 1. The number of benzene rings is 1. The number of methoxy groups -OCH3 is 3. The van der Waals surface area contributed by atoms with Gasteiger partial charge in [-0.3, -0.25) is 14.4 Å². The fraction of sp³-hybridized carbons (Fsp3) is 0.667. The smallest absolute Gasteiger partial charge is 0.243 e. The highest BCUT2D eigenvalue weighted by atomic mass is 16.5. The summed E-state index contributed by atoms with van der Waals surface area (Å²) in [6, 6.07) is 2.34. The van der Waals surface area contributed by atoms with Crippen LogP contribution in [0.3, 0.4) is 0 Å². The molecule has 3 atom stereocenters. The van der Waals surface area contributed by atoms with E-state index in [1.165, 1.54) is 0 Å². The lowest BCUT2D eigenvalue weighted by Gasteiger charge is -2.40. The predicted molar refractivity (Wildman–Crippen MR) is 136 cm³/mol. The van der Waals surface area contributed by atoms with Gasteiger partial charge < -0.3 is 30.2 Å². The Morgan fingerprint density at radius 1 is 0.972 bits per heavy atom. The van der Waals surface area contributed by atoms with E-state index in [2.05, 4.69) is 5.32 Å². The predicted octanol–water partition coefficient (Wildman–Crippen LogP) is 3.14. The number of nitrogens with two attached hydrogens (primary N) is 1. The minimum atomic E-state index is -0.749. The molecule has 1 aliphatic carbocycles. The van der Waals surface area contributed by atoms with E-state index >= 15 is 0 Å². The minimum absolute atomic E-state index is 0.0665. The van der Waals surface area contributed by atoms with Gasteiger partial charge in [0.15, 0.2) is 11.5 Å². The summed E-state index contributed by atoms with van der Waals surface area (Å²) in [6.07, 6.45) is 7.81. The molecule has 2 fully saturated rings. The maximum Gasteiger partial charge on any atom is 0.243 e. The first-order chi connectivity index (χ1) is 17.4. The summed E-state index contributed by atoms with van der Waals surface area (Å²) < 4.78 is 16.7. The second kappa shape index (κ2) is 12.8. The van der Waals surface area contributed by atoms with E-state index < -0.39 is 23.9 Å². The Morgan fingerprint density at radius 2 is 1.58 bits per heavy atom. The van der Waals surface area contributed by atoms with Crippen LogP contribution in [0.4, 0.5) is 0 Å². The molecule has 1 saturated carbocycles. The third kappa shape index (κ3) is 6.05. The first-order valence-electron chi connectivity index (χ1n) is 13.1. The number of amides is 3. The number of nitrogens with zero attached hydrogens (tertiary/aromatic N) is 1. The Hall–Kier alpha value is -2.97. The van der Waals surface area contributed by atoms with Crippen molar-refractivity contribution in [3.05, 3.63) is 17.7 Å². The molecule has 0 spiro atoms. The van der Waals surface area contributed by atoms with Gasteiger partial charge in [0.05, 0.1) is 27.2 Å². The molecule has 1 aromatic carbocycles. The summed E-state index contributed by atoms with van der Waals surface area (Å²) in [5.41, 5.74) is 6.25. The van der Waals surface area contributed by atoms with Crippen molar-refractivity contribution in [2.24, 2.45) is 11.7 Å². The molecule has 2 aliphatic rings. The molecule has 1 aromatic rings. The van der Waals surface area contributed by atoms with Crippen molar-refractivity contribution >= 4 is 17.7 Å². The van der Waals surface area contributed by atoms with Crippen LogP contribution >= 0.6 is 0 Å². The maximum atomic E-state index is 14.3. The third-order valence-corrected chi connectivity index (χ3v) is 7.59. The van der Waals surface area contributed by atoms with E-state index in [-0.39, 0.29) is 17.7 Å².